The molecule has 2 rings (SSSR count). The van der Waals surface area contributed by atoms with Crippen molar-refractivity contribution in [2.45, 2.75) is 25.2 Å². The van der Waals surface area contributed by atoms with E-state index >= 15 is 0 Å². The Bertz CT molecular complexity index is 479. The van der Waals surface area contributed by atoms with Gasteiger partial charge in [-0.15, -0.1) is 0 Å². The molecule has 1 aromatic carbocycles. The lowest BCUT2D eigenvalue weighted by atomic mass is 9.92. The van der Waals surface area contributed by atoms with Crippen LogP contribution in [0.5, 0.6) is 0 Å². The predicted molar refractivity (Wildman–Crippen MR) is 75.8 cm³/mol. The summed E-state index contributed by atoms with van der Waals surface area (Å²) in [6.45, 7) is 1.53. The number of carbonyl (C=O) groups is 1. The van der Waals surface area contributed by atoms with E-state index in [2.05, 4.69) is 6.07 Å². The van der Waals surface area contributed by atoms with Crippen molar-refractivity contribution in [1.82, 2.24) is 4.90 Å². The van der Waals surface area contributed by atoms with E-state index in [4.69, 9.17) is 5.11 Å². The number of hydrogen-bond donors (Lipinski definition) is 1. The largest absolute Gasteiger partial charge is 0.396 e. The lowest BCUT2D eigenvalue weighted by molar-refractivity contribution is -0.133. The van der Waals surface area contributed by atoms with Crippen molar-refractivity contribution in [2.24, 2.45) is 5.92 Å². The van der Waals surface area contributed by atoms with Crippen LogP contribution in [0.1, 0.15) is 30.7 Å². The fourth-order valence-corrected chi connectivity index (χ4v) is 2.78. The summed E-state index contributed by atoms with van der Waals surface area (Å²) in [6, 6.07) is 11.3. The molecule has 106 valence electrons. The molecular formula is C16H20N2O2. The topological polar surface area (TPSA) is 64.3 Å². The zero-order valence-electron chi connectivity index (χ0n) is 11.5. The standard InChI is InChI=1S/C16H20N2O2/c17-11-15(14-6-2-1-3-7-14)16(20)18-9-4-5-13(12-18)8-10-19/h1-3,6-7,13,15,19H,4-5,8-10,12H2. The molecule has 1 amide bonds. The Morgan fingerprint density at radius 3 is 2.85 bits per heavy atom. The first-order valence-corrected chi connectivity index (χ1v) is 7.10. The summed E-state index contributed by atoms with van der Waals surface area (Å²) in [6.07, 6.45) is 2.72. The number of likely N-dealkylation sites (tertiary alicyclic amines) is 1. The van der Waals surface area contributed by atoms with Gasteiger partial charge in [0.15, 0.2) is 0 Å². The lowest BCUT2D eigenvalue weighted by Gasteiger charge is -2.33. The van der Waals surface area contributed by atoms with Crippen LogP contribution in [0.25, 0.3) is 0 Å². The first-order chi connectivity index (χ1) is 9.76. The molecule has 1 aromatic rings. The van der Waals surface area contributed by atoms with E-state index in [-0.39, 0.29) is 12.5 Å². The smallest absolute Gasteiger partial charge is 0.244 e. The van der Waals surface area contributed by atoms with Crippen LogP contribution < -0.4 is 0 Å². The molecule has 1 N–H and O–H groups in total. The predicted octanol–water partition coefficient (Wildman–Crippen LogP) is 1.91. The average molecular weight is 272 g/mol. The molecule has 1 heterocycles. The Morgan fingerprint density at radius 1 is 1.45 bits per heavy atom. The minimum Gasteiger partial charge on any atom is -0.396 e. The van der Waals surface area contributed by atoms with Gasteiger partial charge in [0, 0.05) is 19.7 Å². The maximum Gasteiger partial charge on any atom is 0.244 e. The van der Waals surface area contributed by atoms with E-state index in [0.29, 0.717) is 19.0 Å². The third-order valence-corrected chi connectivity index (χ3v) is 3.88. The highest BCUT2D eigenvalue weighted by Crippen LogP contribution is 2.24. The minimum atomic E-state index is -0.718. The van der Waals surface area contributed by atoms with Crippen LogP contribution in [-0.2, 0) is 4.79 Å². The normalized spacial score (nSPS) is 20.2. The molecule has 1 aliphatic rings. The van der Waals surface area contributed by atoms with Gasteiger partial charge < -0.3 is 10.0 Å². The van der Waals surface area contributed by atoms with Crippen molar-refractivity contribution in [3.63, 3.8) is 0 Å². The molecule has 4 nitrogen and oxygen atoms in total. The van der Waals surface area contributed by atoms with Crippen LogP contribution in [0.2, 0.25) is 0 Å². The van der Waals surface area contributed by atoms with Gasteiger partial charge in [-0.25, -0.2) is 0 Å². The molecule has 0 aromatic heterocycles. The van der Waals surface area contributed by atoms with E-state index in [9.17, 15) is 10.1 Å². The summed E-state index contributed by atoms with van der Waals surface area (Å²) in [4.78, 5) is 14.3. The van der Waals surface area contributed by atoms with E-state index in [1.165, 1.54) is 0 Å². The minimum absolute atomic E-state index is 0.110. The molecule has 1 saturated heterocycles. The second kappa shape index (κ2) is 7.06. The fraction of sp³-hybridized carbons (Fsp3) is 0.500. The SMILES string of the molecule is N#CC(C(=O)N1CCCC(CCO)C1)c1ccccc1. The second-order valence-corrected chi connectivity index (χ2v) is 5.28. The summed E-state index contributed by atoms with van der Waals surface area (Å²) in [5.41, 5.74) is 0.754. The molecule has 1 fully saturated rings. The summed E-state index contributed by atoms with van der Waals surface area (Å²) in [5, 5.41) is 18.3. The van der Waals surface area contributed by atoms with E-state index in [0.717, 1.165) is 24.8 Å². The number of rotatable bonds is 4. The highest BCUT2D eigenvalue weighted by atomic mass is 16.3. The highest BCUT2D eigenvalue weighted by molar-refractivity contribution is 5.86. The Hall–Kier alpha value is -1.86. The Labute approximate surface area is 119 Å². The van der Waals surface area contributed by atoms with Crippen molar-refractivity contribution >= 4 is 5.91 Å². The molecule has 20 heavy (non-hydrogen) atoms. The number of benzene rings is 1. The zero-order valence-corrected chi connectivity index (χ0v) is 11.5. The van der Waals surface area contributed by atoms with Gasteiger partial charge >= 0.3 is 0 Å². The number of amides is 1. The molecular weight excluding hydrogens is 252 g/mol. The third kappa shape index (κ3) is 3.37. The van der Waals surface area contributed by atoms with Crippen LogP contribution >= 0.6 is 0 Å². The highest BCUT2D eigenvalue weighted by Gasteiger charge is 2.29. The number of nitrogens with zero attached hydrogens (tertiary/aromatic N) is 2. The van der Waals surface area contributed by atoms with Gasteiger partial charge in [0.05, 0.1) is 6.07 Å². The second-order valence-electron chi connectivity index (χ2n) is 5.28. The number of hydrogen-bond acceptors (Lipinski definition) is 3. The van der Waals surface area contributed by atoms with Crippen LogP contribution in [-0.4, -0.2) is 35.6 Å². The van der Waals surface area contributed by atoms with Gasteiger partial charge in [0.25, 0.3) is 0 Å². The molecule has 4 heteroatoms. The summed E-state index contributed by atoms with van der Waals surface area (Å²) < 4.78 is 0. The van der Waals surface area contributed by atoms with Gasteiger partial charge in [-0.3, -0.25) is 4.79 Å². The molecule has 1 aliphatic heterocycles. The molecule has 0 bridgehead atoms. The summed E-state index contributed by atoms with van der Waals surface area (Å²) >= 11 is 0. The number of nitriles is 1. The van der Waals surface area contributed by atoms with Crippen LogP contribution in [0.3, 0.4) is 0 Å². The number of carbonyl (C=O) groups excluding carboxylic acids is 1. The Morgan fingerprint density at radius 2 is 2.20 bits per heavy atom. The molecule has 2 unspecified atom stereocenters. The number of piperidine rings is 1. The van der Waals surface area contributed by atoms with E-state index in [1.807, 2.05) is 30.3 Å². The first kappa shape index (κ1) is 14.5. The molecule has 0 spiro atoms. The quantitative estimate of drug-likeness (QED) is 0.910. The van der Waals surface area contributed by atoms with Crippen LogP contribution in [0, 0.1) is 17.2 Å². The Balaban J connectivity index is 2.07. The number of aliphatic hydroxyl groups is 1. The van der Waals surface area contributed by atoms with Crippen LogP contribution in [0.15, 0.2) is 30.3 Å². The van der Waals surface area contributed by atoms with Gasteiger partial charge in [-0.2, -0.15) is 5.26 Å². The van der Waals surface area contributed by atoms with Crippen molar-refractivity contribution in [3.8, 4) is 6.07 Å². The van der Waals surface area contributed by atoms with Crippen molar-refractivity contribution in [1.29, 1.82) is 5.26 Å². The van der Waals surface area contributed by atoms with Crippen molar-refractivity contribution in [2.75, 3.05) is 19.7 Å². The molecule has 2 atom stereocenters. The lowest BCUT2D eigenvalue weighted by Crippen LogP contribution is -2.42. The molecule has 0 radical (unpaired) electrons. The molecule has 0 aliphatic carbocycles. The molecule has 0 saturated carbocycles. The van der Waals surface area contributed by atoms with E-state index < -0.39 is 5.92 Å². The maximum atomic E-state index is 12.5. The van der Waals surface area contributed by atoms with Crippen LogP contribution in [0.4, 0.5) is 0 Å². The van der Waals surface area contributed by atoms with Gasteiger partial charge in [0.1, 0.15) is 5.92 Å². The van der Waals surface area contributed by atoms with Crippen molar-refractivity contribution in [3.05, 3.63) is 35.9 Å². The summed E-state index contributed by atoms with van der Waals surface area (Å²) in [7, 11) is 0. The van der Waals surface area contributed by atoms with Gasteiger partial charge in [-0.1, -0.05) is 30.3 Å². The maximum absolute atomic E-state index is 12.5. The zero-order chi connectivity index (χ0) is 14.4. The van der Waals surface area contributed by atoms with Gasteiger partial charge in [0.2, 0.25) is 5.91 Å². The first-order valence-electron chi connectivity index (χ1n) is 7.10. The third-order valence-electron chi connectivity index (χ3n) is 3.88. The van der Waals surface area contributed by atoms with Gasteiger partial charge in [-0.05, 0) is 30.7 Å². The van der Waals surface area contributed by atoms with E-state index in [1.54, 1.807) is 4.90 Å². The number of aliphatic hydroxyl groups excluding tert-OH is 1. The van der Waals surface area contributed by atoms with Crippen molar-refractivity contribution < 1.29 is 9.90 Å². The average Bonchev–Trinajstić information content (AvgIpc) is 2.50. The monoisotopic (exact) mass is 272 g/mol. The Kier molecular flexibility index (Phi) is 5.14. The summed E-state index contributed by atoms with van der Waals surface area (Å²) in [5.74, 6) is -0.474. The fourth-order valence-electron chi connectivity index (χ4n) is 2.78.